The Labute approximate surface area is 136 Å². The summed E-state index contributed by atoms with van der Waals surface area (Å²) in [5.74, 6) is -3.28. The minimum atomic E-state index is -1.24. The van der Waals surface area contributed by atoms with Gasteiger partial charge in [0.05, 0.1) is 26.8 Å². The quantitative estimate of drug-likeness (QED) is 0.470. The molecule has 1 aromatic carbocycles. The number of amides is 2. The van der Waals surface area contributed by atoms with E-state index in [4.69, 9.17) is 17.3 Å². The third-order valence-electron chi connectivity index (χ3n) is 3.41. The summed E-state index contributed by atoms with van der Waals surface area (Å²) >= 11 is 5.89. The number of pyridine rings is 1. The zero-order valence-electron chi connectivity index (χ0n) is 11.5. The third kappa shape index (κ3) is 2.12. The van der Waals surface area contributed by atoms with Gasteiger partial charge in [-0.2, -0.15) is 4.39 Å². The van der Waals surface area contributed by atoms with Gasteiger partial charge in [0.25, 0.3) is 17.4 Å². The zero-order valence-corrected chi connectivity index (χ0v) is 12.3. The molecule has 122 valence electrons. The van der Waals surface area contributed by atoms with Gasteiger partial charge in [-0.05, 0) is 0 Å². The number of nitrogens with two attached hydrogens (primary N) is 1. The SMILES string of the molecule is Nc1c2c(cc(=O)n1-c1cc(F)c([N+](=O)[O-])cc1Cl)C(=O)NC2=O. The molecule has 0 fully saturated rings. The van der Waals surface area contributed by atoms with Crippen molar-refractivity contribution < 1.29 is 18.9 Å². The van der Waals surface area contributed by atoms with E-state index >= 15 is 0 Å². The van der Waals surface area contributed by atoms with Crippen LogP contribution in [0.2, 0.25) is 5.02 Å². The monoisotopic (exact) mass is 352 g/mol. The lowest BCUT2D eigenvalue weighted by Crippen LogP contribution is -2.24. The zero-order chi connectivity index (χ0) is 17.8. The second-order valence-electron chi connectivity index (χ2n) is 4.79. The van der Waals surface area contributed by atoms with Crippen molar-refractivity contribution in [1.82, 2.24) is 9.88 Å². The molecule has 0 aliphatic carbocycles. The Kier molecular flexibility index (Phi) is 3.34. The number of aromatic nitrogens is 1. The fraction of sp³-hybridized carbons (Fsp3) is 0. The molecule has 0 unspecified atom stereocenters. The predicted molar refractivity (Wildman–Crippen MR) is 79.9 cm³/mol. The van der Waals surface area contributed by atoms with Gasteiger partial charge in [-0.3, -0.25) is 34.4 Å². The third-order valence-corrected chi connectivity index (χ3v) is 3.71. The number of nitrogens with one attached hydrogen (secondary N) is 1. The lowest BCUT2D eigenvalue weighted by atomic mass is 10.1. The number of nitrogens with zero attached hydrogens (tertiary/aromatic N) is 2. The maximum Gasteiger partial charge on any atom is 0.306 e. The van der Waals surface area contributed by atoms with E-state index < -0.39 is 39.6 Å². The van der Waals surface area contributed by atoms with Gasteiger partial charge in [0.2, 0.25) is 5.82 Å². The van der Waals surface area contributed by atoms with E-state index in [0.29, 0.717) is 10.6 Å². The van der Waals surface area contributed by atoms with Crippen molar-refractivity contribution in [2.45, 2.75) is 0 Å². The lowest BCUT2D eigenvalue weighted by Gasteiger charge is -2.13. The standard InChI is InChI=1S/C13H6ClFN4O5/c14-5-2-8(19(23)24)6(15)3-7(5)18-9(20)1-4-10(11(18)16)13(22)17-12(4)21/h1-3H,16H2,(H,17,21,22). The maximum atomic E-state index is 13.9. The maximum absolute atomic E-state index is 13.9. The van der Waals surface area contributed by atoms with E-state index in [9.17, 15) is 28.9 Å². The number of fused-ring (bicyclic) bond motifs is 1. The van der Waals surface area contributed by atoms with Crippen LogP contribution >= 0.6 is 11.6 Å². The first-order valence-electron chi connectivity index (χ1n) is 6.27. The molecule has 2 amide bonds. The van der Waals surface area contributed by atoms with E-state index in [1.54, 1.807) is 0 Å². The smallest absolute Gasteiger partial charge is 0.306 e. The average molecular weight is 353 g/mol. The number of nitro benzene ring substituents is 1. The number of benzene rings is 1. The topological polar surface area (TPSA) is 137 Å². The largest absolute Gasteiger partial charge is 0.384 e. The van der Waals surface area contributed by atoms with Crippen molar-refractivity contribution in [3.63, 3.8) is 0 Å². The molecular formula is C13H6ClFN4O5. The molecular weight excluding hydrogens is 347 g/mol. The number of carbonyl (C=O) groups excluding carboxylic acids is 2. The number of nitro groups is 1. The van der Waals surface area contributed by atoms with Crippen LogP contribution in [-0.2, 0) is 0 Å². The van der Waals surface area contributed by atoms with Crippen LogP contribution in [0.5, 0.6) is 0 Å². The summed E-state index contributed by atoms with van der Waals surface area (Å²) in [6.07, 6.45) is 0. The summed E-state index contributed by atoms with van der Waals surface area (Å²) in [6.45, 7) is 0. The first-order chi connectivity index (χ1) is 11.2. The van der Waals surface area contributed by atoms with Crippen molar-refractivity contribution in [2.75, 3.05) is 5.73 Å². The summed E-state index contributed by atoms with van der Waals surface area (Å²) in [7, 11) is 0. The molecule has 11 heteroatoms. The molecule has 3 rings (SSSR count). The number of imide groups is 1. The van der Waals surface area contributed by atoms with E-state index in [1.807, 2.05) is 5.32 Å². The molecule has 1 aliphatic rings. The van der Waals surface area contributed by atoms with Crippen molar-refractivity contribution >= 4 is 34.9 Å². The van der Waals surface area contributed by atoms with Crippen molar-refractivity contribution in [3.8, 4) is 5.69 Å². The number of hydrogen-bond donors (Lipinski definition) is 2. The lowest BCUT2D eigenvalue weighted by molar-refractivity contribution is -0.387. The van der Waals surface area contributed by atoms with Crippen LogP contribution in [0.15, 0.2) is 23.0 Å². The minimum Gasteiger partial charge on any atom is -0.384 e. The Morgan fingerprint density at radius 1 is 1.21 bits per heavy atom. The molecule has 0 saturated carbocycles. The molecule has 0 saturated heterocycles. The predicted octanol–water partition coefficient (Wildman–Crippen LogP) is 1.00. The van der Waals surface area contributed by atoms with Gasteiger partial charge in [-0.1, -0.05) is 11.6 Å². The van der Waals surface area contributed by atoms with Gasteiger partial charge in [0, 0.05) is 18.2 Å². The Morgan fingerprint density at radius 3 is 2.50 bits per heavy atom. The van der Waals surface area contributed by atoms with Crippen molar-refractivity contribution in [2.24, 2.45) is 0 Å². The van der Waals surface area contributed by atoms with Crippen molar-refractivity contribution in [3.05, 3.63) is 60.6 Å². The van der Waals surface area contributed by atoms with Crippen LogP contribution in [0, 0.1) is 15.9 Å². The van der Waals surface area contributed by atoms with Crippen LogP contribution in [0.4, 0.5) is 15.9 Å². The summed E-state index contributed by atoms with van der Waals surface area (Å²) in [4.78, 5) is 45.3. The van der Waals surface area contributed by atoms with Gasteiger partial charge in [-0.15, -0.1) is 0 Å². The van der Waals surface area contributed by atoms with Gasteiger partial charge in [-0.25, -0.2) is 0 Å². The molecule has 1 aromatic heterocycles. The van der Waals surface area contributed by atoms with E-state index in [1.165, 1.54) is 0 Å². The van der Waals surface area contributed by atoms with Crippen LogP contribution in [-0.4, -0.2) is 21.3 Å². The molecule has 0 spiro atoms. The van der Waals surface area contributed by atoms with E-state index in [-0.39, 0.29) is 21.8 Å². The fourth-order valence-corrected chi connectivity index (χ4v) is 2.61. The van der Waals surface area contributed by atoms with Gasteiger partial charge < -0.3 is 5.73 Å². The number of hydrogen-bond acceptors (Lipinski definition) is 6. The van der Waals surface area contributed by atoms with Gasteiger partial charge >= 0.3 is 5.69 Å². The number of nitrogen functional groups attached to an aromatic ring is 1. The van der Waals surface area contributed by atoms with Gasteiger partial charge in [0.15, 0.2) is 0 Å². The first kappa shape index (κ1) is 15.6. The number of rotatable bonds is 2. The second kappa shape index (κ2) is 5.13. The Bertz CT molecular complexity index is 1020. The number of halogens is 2. The molecule has 3 N–H and O–H groups in total. The fourth-order valence-electron chi connectivity index (χ4n) is 2.36. The molecule has 9 nitrogen and oxygen atoms in total. The normalized spacial score (nSPS) is 12.9. The average Bonchev–Trinajstić information content (AvgIpc) is 2.76. The number of anilines is 1. The van der Waals surface area contributed by atoms with Gasteiger partial charge in [0.1, 0.15) is 5.82 Å². The van der Waals surface area contributed by atoms with Crippen molar-refractivity contribution in [1.29, 1.82) is 0 Å². The minimum absolute atomic E-state index is 0.211. The Balaban J connectivity index is 2.33. The Hall–Kier alpha value is -3.27. The molecule has 0 bridgehead atoms. The second-order valence-corrected chi connectivity index (χ2v) is 5.19. The Morgan fingerprint density at radius 2 is 1.88 bits per heavy atom. The molecule has 2 aromatic rings. The summed E-state index contributed by atoms with van der Waals surface area (Å²) < 4.78 is 14.6. The van der Waals surface area contributed by atoms with E-state index in [0.717, 1.165) is 12.1 Å². The molecule has 2 heterocycles. The van der Waals surface area contributed by atoms with Crippen LogP contribution < -0.4 is 16.6 Å². The highest BCUT2D eigenvalue weighted by Crippen LogP contribution is 2.31. The highest BCUT2D eigenvalue weighted by Gasteiger charge is 2.32. The molecule has 24 heavy (non-hydrogen) atoms. The summed E-state index contributed by atoms with van der Waals surface area (Å²) in [5.41, 5.74) is 3.27. The van der Waals surface area contributed by atoms with E-state index in [2.05, 4.69) is 0 Å². The van der Waals surface area contributed by atoms with Crippen LogP contribution in [0.25, 0.3) is 5.69 Å². The van der Waals surface area contributed by atoms with Crippen LogP contribution in [0.1, 0.15) is 20.7 Å². The first-order valence-corrected chi connectivity index (χ1v) is 6.65. The number of carbonyl (C=O) groups is 2. The molecule has 0 atom stereocenters. The molecule has 1 aliphatic heterocycles. The van der Waals surface area contributed by atoms with Crippen LogP contribution in [0.3, 0.4) is 0 Å². The summed E-state index contributed by atoms with van der Waals surface area (Å²) in [6, 6.07) is 2.22. The highest BCUT2D eigenvalue weighted by molar-refractivity contribution is 6.32. The molecule has 0 radical (unpaired) electrons. The summed E-state index contributed by atoms with van der Waals surface area (Å²) in [5, 5.41) is 12.4. The highest BCUT2D eigenvalue weighted by atomic mass is 35.5.